The highest BCUT2D eigenvalue weighted by molar-refractivity contribution is 7.27. The lowest BCUT2D eigenvalue weighted by Crippen LogP contribution is -1.91. The first-order chi connectivity index (χ1) is 24.8. The Morgan fingerprint density at radius 2 is 0.980 bits per heavy atom. The van der Waals surface area contributed by atoms with Gasteiger partial charge in [-0.1, -0.05) is 97.1 Å². The first-order valence-corrected chi connectivity index (χ1v) is 18.5. The summed E-state index contributed by atoms with van der Waals surface area (Å²) in [4.78, 5) is 0. The minimum atomic E-state index is 0.794. The SMILES string of the molecule is c1ccc2c(c1)oc1c2ccc2c1oc1cccc(-c3c4ccccc4c(-c4cc5c6ccccc6sc5c5ccsc45)c4ccccc34)c12. The number of benzene rings is 8. The molecule has 2 nitrogen and oxygen atoms in total. The summed E-state index contributed by atoms with van der Waals surface area (Å²) >= 11 is 3.75. The summed E-state index contributed by atoms with van der Waals surface area (Å²) in [7, 11) is 0. The van der Waals surface area contributed by atoms with Gasteiger partial charge in [-0.2, -0.15) is 0 Å². The molecule has 0 fully saturated rings. The van der Waals surface area contributed by atoms with Gasteiger partial charge < -0.3 is 8.83 Å². The average molecular weight is 673 g/mol. The fraction of sp³-hybridized carbons (Fsp3) is 0. The van der Waals surface area contributed by atoms with E-state index in [1.807, 2.05) is 34.8 Å². The molecule has 50 heavy (non-hydrogen) atoms. The molecule has 0 N–H and O–H groups in total. The van der Waals surface area contributed by atoms with E-state index in [2.05, 4.69) is 133 Å². The maximum atomic E-state index is 6.69. The highest BCUT2D eigenvalue weighted by Crippen LogP contribution is 2.51. The molecule has 0 atom stereocenters. The monoisotopic (exact) mass is 672 g/mol. The van der Waals surface area contributed by atoms with Crippen LogP contribution < -0.4 is 0 Å². The molecule has 0 spiro atoms. The van der Waals surface area contributed by atoms with Crippen molar-refractivity contribution < 1.29 is 8.83 Å². The maximum Gasteiger partial charge on any atom is 0.178 e. The van der Waals surface area contributed by atoms with Crippen molar-refractivity contribution in [3.05, 3.63) is 145 Å². The molecule has 0 aliphatic heterocycles. The summed E-state index contributed by atoms with van der Waals surface area (Å²) in [5.41, 5.74) is 8.30. The van der Waals surface area contributed by atoms with E-state index in [9.17, 15) is 0 Å². The molecule has 0 amide bonds. The molecule has 0 bridgehead atoms. The Balaban J connectivity index is 1.22. The summed E-state index contributed by atoms with van der Waals surface area (Å²) in [6.45, 7) is 0. The van der Waals surface area contributed by atoms with E-state index in [0.29, 0.717) is 0 Å². The summed E-state index contributed by atoms with van der Waals surface area (Å²) in [5.74, 6) is 0. The van der Waals surface area contributed by atoms with E-state index < -0.39 is 0 Å². The Kier molecular flexibility index (Phi) is 5.29. The van der Waals surface area contributed by atoms with Gasteiger partial charge in [0, 0.05) is 57.4 Å². The van der Waals surface area contributed by atoms with Gasteiger partial charge >= 0.3 is 0 Å². The molecule has 4 aromatic heterocycles. The number of furan rings is 2. The van der Waals surface area contributed by atoms with E-state index in [1.54, 1.807) is 0 Å². The molecular formula is C46H24O2S2. The van der Waals surface area contributed by atoms with Gasteiger partial charge in [0.25, 0.3) is 0 Å². The van der Waals surface area contributed by atoms with Crippen LogP contribution >= 0.6 is 22.7 Å². The molecule has 4 heteroatoms. The fourth-order valence-corrected chi connectivity index (χ4v) is 10.7. The van der Waals surface area contributed by atoms with Gasteiger partial charge in [0.05, 0.1) is 0 Å². The third-order valence-corrected chi connectivity index (χ3v) is 12.7. The summed E-state index contributed by atoms with van der Waals surface area (Å²) in [6.07, 6.45) is 0. The van der Waals surface area contributed by atoms with E-state index in [0.717, 1.165) is 49.4 Å². The van der Waals surface area contributed by atoms with Crippen LogP contribution in [0.25, 0.3) is 118 Å². The summed E-state index contributed by atoms with van der Waals surface area (Å²) in [6, 6.07) is 50.6. The highest BCUT2D eigenvalue weighted by atomic mass is 32.1. The van der Waals surface area contributed by atoms with E-state index >= 15 is 0 Å². The number of rotatable bonds is 2. The van der Waals surface area contributed by atoms with Gasteiger partial charge in [0.15, 0.2) is 11.2 Å². The number of hydrogen-bond donors (Lipinski definition) is 0. The lowest BCUT2D eigenvalue weighted by molar-refractivity contribution is 0.633. The fourth-order valence-electron chi connectivity index (χ4n) is 8.48. The van der Waals surface area contributed by atoms with Gasteiger partial charge in [-0.25, -0.2) is 0 Å². The number of thiophene rings is 2. The maximum absolute atomic E-state index is 6.69. The van der Waals surface area contributed by atoms with Gasteiger partial charge in [-0.15, -0.1) is 22.7 Å². The molecule has 0 radical (unpaired) electrons. The van der Waals surface area contributed by atoms with Crippen LogP contribution in [0.2, 0.25) is 0 Å². The first-order valence-electron chi connectivity index (χ1n) is 16.8. The summed E-state index contributed by atoms with van der Waals surface area (Å²) in [5, 5.41) is 15.6. The van der Waals surface area contributed by atoms with Crippen molar-refractivity contribution in [1.29, 1.82) is 0 Å². The van der Waals surface area contributed by atoms with Crippen LogP contribution in [0.5, 0.6) is 0 Å². The number of para-hydroxylation sites is 1. The average Bonchev–Trinajstić information content (AvgIpc) is 3.96. The van der Waals surface area contributed by atoms with Crippen LogP contribution in [0, 0.1) is 0 Å². The minimum Gasteiger partial charge on any atom is -0.452 e. The molecule has 12 rings (SSSR count). The molecule has 0 aliphatic rings. The Labute approximate surface area is 293 Å². The van der Waals surface area contributed by atoms with Crippen molar-refractivity contribution >= 4 is 118 Å². The van der Waals surface area contributed by atoms with Crippen LogP contribution in [0.3, 0.4) is 0 Å². The van der Waals surface area contributed by atoms with Crippen molar-refractivity contribution in [1.82, 2.24) is 0 Å². The third kappa shape index (κ3) is 3.46. The Morgan fingerprint density at radius 1 is 0.380 bits per heavy atom. The Bertz CT molecular complexity index is 3330. The first kappa shape index (κ1) is 26.9. The normalized spacial score (nSPS) is 12.4. The van der Waals surface area contributed by atoms with E-state index in [-0.39, 0.29) is 0 Å². The molecule has 8 aromatic carbocycles. The van der Waals surface area contributed by atoms with Crippen LogP contribution in [0.15, 0.2) is 154 Å². The second kappa shape index (κ2) is 9.82. The van der Waals surface area contributed by atoms with Crippen molar-refractivity contribution in [3.8, 4) is 22.3 Å². The third-order valence-electron chi connectivity index (χ3n) is 10.6. The van der Waals surface area contributed by atoms with E-state index in [4.69, 9.17) is 8.83 Å². The lowest BCUT2D eigenvalue weighted by Gasteiger charge is -2.19. The van der Waals surface area contributed by atoms with Gasteiger partial charge in [0.1, 0.15) is 11.2 Å². The predicted molar refractivity (Wildman–Crippen MR) is 215 cm³/mol. The van der Waals surface area contributed by atoms with Crippen molar-refractivity contribution in [2.45, 2.75) is 0 Å². The standard InChI is InChI=1S/C46H24O2S2/c1-3-14-29-27(12-1)40(32-16-9-18-38-42(32)33-21-20-31-25-10-5-7-17-37(25)47-43(31)44(33)48-38)28-13-2-4-15-30(28)41(29)36-24-35-26-11-6-8-19-39(26)50-46(35)34-22-23-49-45(34)36/h1-24H. The Morgan fingerprint density at radius 3 is 1.76 bits per heavy atom. The molecule has 0 unspecified atom stereocenters. The van der Waals surface area contributed by atoms with Crippen LogP contribution in [-0.2, 0) is 0 Å². The van der Waals surface area contributed by atoms with Gasteiger partial charge in [-0.05, 0) is 86.1 Å². The second-order valence-corrected chi connectivity index (χ2v) is 15.1. The summed E-state index contributed by atoms with van der Waals surface area (Å²) < 4.78 is 17.2. The zero-order valence-electron chi connectivity index (χ0n) is 26.5. The van der Waals surface area contributed by atoms with Crippen LogP contribution in [0.1, 0.15) is 0 Å². The zero-order chi connectivity index (χ0) is 32.5. The molecule has 0 saturated heterocycles. The minimum absolute atomic E-state index is 0.794. The van der Waals surface area contributed by atoms with Crippen LogP contribution in [0.4, 0.5) is 0 Å². The van der Waals surface area contributed by atoms with Gasteiger partial charge in [0.2, 0.25) is 0 Å². The van der Waals surface area contributed by atoms with Crippen molar-refractivity contribution in [2.24, 2.45) is 0 Å². The van der Waals surface area contributed by atoms with Crippen molar-refractivity contribution in [3.63, 3.8) is 0 Å². The molecule has 232 valence electrons. The predicted octanol–water partition coefficient (Wildman–Crippen LogP) is 14.7. The molecular weight excluding hydrogens is 649 g/mol. The van der Waals surface area contributed by atoms with Crippen molar-refractivity contribution in [2.75, 3.05) is 0 Å². The second-order valence-electron chi connectivity index (χ2n) is 13.1. The Hall–Kier alpha value is -5.94. The lowest BCUT2D eigenvalue weighted by atomic mass is 9.84. The number of fused-ring (bicyclic) bond motifs is 14. The smallest absolute Gasteiger partial charge is 0.178 e. The molecule has 4 heterocycles. The topological polar surface area (TPSA) is 26.3 Å². The molecule has 12 aromatic rings. The van der Waals surface area contributed by atoms with Gasteiger partial charge in [-0.3, -0.25) is 0 Å². The zero-order valence-corrected chi connectivity index (χ0v) is 28.1. The highest BCUT2D eigenvalue weighted by Gasteiger charge is 2.24. The quantitative estimate of drug-likeness (QED) is 0.171. The number of hydrogen-bond acceptors (Lipinski definition) is 4. The molecule has 0 saturated carbocycles. The molecule has 0 aliphatic carbocycles. The van der Waals surface area contributed by atoms with Crippen LogP contribution in [-0.4, -0.2) is 0 Å². The largest absolute Gasteiger partial charge is 0.452 e. The van der Waals surface area contributed by atoms with E-state index in [1.165, 1.54) is 68.5 Å².